The summed E-state index contributed by atoms with van der Waals surface area (Å²) >= 11 is 0. The van der Waals surface area contributed by atoms with Crippen molar-refractivity contribution >= 4 is 17.5 Å². The Hall–Kier alpha value is -1.84. The standard InChI is InChI=1S/C16H24N2O2/c1-5-11-17-14(19)12-9-7-8-10-13(12)18-15(20)16(3,4)6-2/h7-10H,5-6,11H2,1-4H3,(H,17,19)(H,18,20). The van der Waals surface area contributed by atoms with Gasteiger partial charge < -0.3 is 10.6 Å². The van der Waals surface area contributed by atoms with Crippen molar-refractivity contribution < 1.29 is 9.59 Å². The minimum Gasteiger partial charge on any atom is -0.352 e. The van der Waals surface area contributed by atoms with Crippen LogP contribution in [0.25, 0.3) is 0 Å². The highest BCUT2D eigenvalue weighted by Gasteiger charge is 2.26. The van der Waals surface area contributed by atoms with Gasteiger partial charge in [0.1, 0.15) is 0 Å². The zero-order valence-corrected chi connectivity index (χ0v) is 12.7. The van der Waals surface area contributed by atoms with E-state index in [0.717, 1.165) is 12.8 Å². The number of rotatable bonds is 6. The summed E-state index contributed by atoms with van der Waals surface area (Å²) in [6.07, 6.45) is 1.62. The number of para-hydroxylation sites is 1. The maximum Gasteiger partial charge on any atom is 0.253 e. The number of carbonyl (C=O) groups is 2. The van der Waals surface area contributed by atoms with Gasteiger partial charge in [-0.1, -0.05) is 39.8 Å². The number of carbonyl (C=O) groups excluding carboxylic acids is 2. The van der Waals surface area contributed by atoms with Gasteiger partial charge in [0.2, 0.25) is 5.91 Å². The highest BCUT2D eigenvalue weighted by atomic mass is 16.2. The van der Waals surface area contributed by atoms with Crippen molar-refractivity contribution in [2.75, 3.05) is 11.9 Å². The summed E-state index contributed by atoms with van der Waals surface area (Å²) in [6.45, 7) is 8.38. The van der Waals surface area contributed by atoms with Crippen LogP contribution in [0.4, 0.5) is 5.69 Å². The van der Waals surface area contributed by atoms with Gasteiger partial charge >= 0.3 is 0 Å². The molecule has 2 amide bonds. The Labute approximate surface area is 121 Å². The lowest BCUT2D eigenvalue weighted by Crippen LogP contribution is -2.31. The molecule has 0 unspecified atom stereocenters. The Balaban J connectivity index is 2.91. The minimum absolute atomic E-state index is 0.0734. The monoisotopic (exact) mass is 276 g/mol. The second-order valence-corrected chi connectivity index (χ2v) is 5.49. The van der Waals surface area contributed by atoms with Crippen LogP contribution in [0, 0.1) is 5.41 Å². The van der Waals surface area contributed by atoms with Crippen LogP contribution < -0.4 is 10.6 Å². The first-order valence-corrected chi connectivity index (χ1v) is 7.11. The van der Waals surface area contributed by atoms with E-state index in [9.17, 15) is 9.59 Å². The lowest BCUT2D eigenvalue weighted by molar-refractivity contribution is -0.124. The second kappa shape index (κ2) is 7.08. The molecular formula is C16H24N2O2. The molecule has 1 rings (SSSR count). The Morgan fingerprint density at radius 1 is 1.15 bits per heavy atom. The van der Waals surface area contributed by atoms with Gasteiger partial charge in [0.15, 0.2) is 0 Å². The molecule has 0 radical (unpaired) electrons. The third kappa shape index (κ3) is 4.08. The van der Waals surface area contributed by atoms with E-state index in [2.05, 4.69) is 10.6 Å². The number of hydrogen-bond acceptors (Lipinski definition) is 2. The fourth-order valence-electron chi connectivity index (χ4n) is 1.58. The molecule has 0 heterocycles. The van der Waals surface area contributed by atoms with E-state index in [0.29, 0.717) is 17.8 Å². The summed E-state index contributed by atoms with van der Waals surface area (Å²) in [6, 6.07) is 7.08. The van der Waals surface area contributed by atoms with Crippen molar-refractivity contribution in [2.45, 2.75) is 40.5 Å². The topological polar surface area (TPSA) is 58.2 Å². The van der Waals surface area contributed by atoms with Gasteiger partial charge in [-0.05, 0) is 25.0 Å². The molecule has 0 spiro atoms. The molecule has 20 heavy (non-hydrogen) atoms. The molecule has 0 bridgehead atoms. The van der Waals surface area contributed by atoms with Crippen LogP contribution in [-0.4, -0.2) is 18.4 Å². The number of benzene rings is 1. The average molecular weight is 276 g/mol. The quantitative estimate of drug-likeness (QED) is 0.838. The zero-order chi connectivity index (χ0) is 15.2. The Bertz CT molecular complexity index is 481. The predicted octanol–water partition coefficient (Wildman–Crippen LogP) is 3.20. The van der Waals surface area contributed by atoms with E-state index in [4.69, 9.17) is 0 Å². The van der Waals surface area contributed by atoms with E-state index < -0.39 is 5.41 Å². The van der Waals surface area contributed by atoms with Crippen LogP contribution in [0.1, 0.15) is 50.9 Å². The normalized spacial score (nSPS) is 11.0. The highest BCUT2D eigenvalue weighted by Crippen LogP contribution is 2.23. The van der Waals surface area contributed by atoms with Crippen LogP contribution in [0.3, 0.4) is 0 Å². The Morgan fingerprint density at radius 2 is 1.80 bits per heavy atom. The van der Waals surface area contributed by atoms with Crippen LogP contribution in [0.2, 0.25) is 0 Å². The van der Waals surface area contributed by atoms with Crippen LogP contribution >= 0.6 is 0 Å². The molecular weight excluding hydrogens is 252 g/mol. The van der Waals surface area contributed by atoms with Gasteiger partial charge in [0, 0.05) is 12.0 Å². The first-order valence-electron chi connectivity index (χ1n) is 7.11. The molecule has 1 aromatic rings. The lowest BCUT2D eigenvalue weighted by atomic mass is 9.89. The average Bonchev–Trinajstić information content (AvgIpc) is 2.45. The van der Waals surface area contributed by atoms with E-state index in [-0.39, 0.29) is 11.8 Å². The summed E-state index contributed by atoms with van der Waals surface area (Å²) in [4.78, 5) is 24.3. The fraction of sp³-hybridized carbons (Fsp3) is 0.500. The molecule has 4 heteroatoms. The molecule has 4 nitrogen and oxygen atoms in total. The Kier molecular flexibility index (Phi) is 5.74. The molecule has 0 aliphatic rings. The van der Waals surface area contributed by atoms with E-state index >= 15 is 0 Å². The smallest absolute Gasteiger partial charge is 0.253 e. The summed E-state index contributed by atoms with van der Waals surface area (Å²) in [5, 5.41) is 5.68. The van der Waals surface area contributed by atoms with Crippen molar-refractivity contribution in [3.8, 4) is 0 Å². The molecule has 1 aromatic carbocycles. The fourth-order valence-corrected chi connectivity index (χ4v) is 1.58. The molecule has 0 fully saturated rings. The molecule has 0 atom stereocenters. The summed E-state index contributed by atoms with van der Waals surface area (Å²) in [5.74, 6) is -0.229. The molecule has 0 aliphatic carbocycles. The molecule has 0 saturated heterocycles. The Morgan fingerprint density at radius 3 is 2.40 bits per heavy atom. The molecule has 0 saturated carbocycles. The van der Waals surface area contributed by atoms with E-state index in [1.54, 1.807) is 18.2 Å². The first kappa shape index (κ1) is 16.2. The van der Waals surface area contributed by atoms with E-state index in [1.807, 2.05) is 33.8 Å². The molecule has 2 N–H and O–H groups in total. The van der Waals surface area contributed by atoms with Gasteiger partial charge in [0.05, 0.1) is 11.3 Å². The zero-order valence-electron chi connectivity index (χ0n) is 12.7. The van der Waals surface area contributed by atoms with Crippen molar-refractivity contribution in [3.63, 3.8) is 0 Å². The molecule has 0 aliphatic heterocycles. The van der Waals surface area contributed by atoms with Crippen molar-refractivity contribution in [2.24, 2.45) is 5.41 Å². The highest BCUT2D eigenvalue weighted by molar-refractivity contribution is 6.04. The van der Waals surface area contributed by atoms with Gasteiger partial charge in [-0.25, -0.2) is 0 Å². The molecule has 110 valence electrons. The first-order chi connectivity index (χ1) is 9.42. The number of anilines is 1. The van der Waals surface area contributed by atoms with Crippen molar-refractivity contribution in [3.05, 3.63) is 29.8 Å². The second-order valence-electron chi connectivity index (χ2n) is 5.49. The summed E-state index contributed by atoms with van der Waals surface area (Å²) < 4.78 is 0. The number of hydrogen-bond donors (Lipinski definition) is 2. The van der Waals surface area contributed by atoms with Gasteiger partial charge in [-0.2, -0.15) is 0 Å². The SMILES string of the molecule is CCCNC(=O)c1ccccc1NC(=O)C(C)(C)CC. The van der Waals surface area contributed by atoms with Crippen molar-refractivity contribution in [1.29, 1.82) is 0 Å². The number of amides is 2. The minimum atomic E-state index is -0.451. The number of nitrogens with one attached hydrogen (secondary N) is 2. The maximum absolute atomic E-state index is 12.2. The van der Waals surface area contributed by atoms with Gasteiger partial charge in [-0.15, -0.1) is 0 Å². The van der Waals surface area contributed by atoms with Gasteiger partial charge in [0.25, 0.3) is 5.91 Å². The maximum atomic E-state index is 12.2. The van der Waals surface area contributed by atoms with Crippen molar-refractivity contribution in [1.82, 2.24) is 5.32 Å². The van der Waals surface area contributed by atoms with Gasteiger partial charge in [-0.3, -0.25) is 9.59 Å². The summed E-state index contributed by atoms with van der Waals surface area (Å²) in [5.41, 5.74) is 0.612. The molecule has 0 aromatic heterocycles. The summed E-state index contributed by atoms with van der Waals surface area (Å²) in [7, 11) is 0. The van der Waals surface area contributed by atoms with Crippen LogP contribution in [-0.2, 0) is 4.79 Å². The van der Waals surface area contributed by atoms with Crippen LogP contribution in [0.15, 0.2) is 24.3 Å². The third-order valence-corrected chi connectivity index (χ3v) is 3.45. The largest absolute Gasteiger partial charge is 0.352 e. The predicted molar refractivity (Wildman–Crippen MR) is 81.8 cm³/mol. The van der Waals surface area contributed by atoms with E-state index in [1.165, 1.54) is 0 Å². The van der Waals surface area contributed by atoms with Crippen LogP contribution in [0.5, 0.6) is 0 Å². The lowest BCUT2D eigenvalue weighted by Gasteiger charge is -2.22. The third-order valence-electron chi connectivity index (χ3n) is 3.45.